The fourth-order valence-corrected chi connectivity index (χ4v) is 1.51. The minimum absolute atomic E-state index is 0. The first-order valence-corrected chi connectivity index (χ1v) is 4.87. The van der Waals surface area contributed by atoms with Crippen molar-refractivity contribution in [1.29, 1.82) is 0 Å². The third kappa shape index (κ3) is 3.38. The lowest BCUT2D eigenvalue weighted by atomic mass is 10.0. The third-order valence-electron chi connectivity index (χ3n) is 1.89. The molecular formula is C9H11BrClF2NO. The van der Waals surface area contributed by atoms with Gasteiger partial charge >= 0.3 is 0 Å². The monoisotopic (exact) mass is 301 g/mol. The average molecular weight is 303 g/mol. The van der Waals surface area contributed by atoms with Crippen molar-refractivity contribution in [3.63, 3.8) is 0 Å². The van der Waals surface area contributed by atoms with Crippen LogP contribution in [0.1, 0.15) is 18.0 Å². The Hall–Kier alpha value is -0.230. The molecule has 3 N–H and O–H groups in total. The van der Waals surface area contributed by atoms with Crippen LogP contribution in [0.25, 0.3) is 0 Å². The Labute approximate surface area is 101 Å². The molecule has 2 nitrogen and oxygen atoms in total. The molecule has 0 spiro atoms. The van der Waals surface area contributed by atoms with Crippen LogP contribution in [0, 0.1) is 11.6 Å². The van der Waals surface area contributed by atoms with E-state index >= 15 is 0 Å². The first kappa shape index (κ1) is 14.8. The van der Waals surface area contributed by atoms with Crippen molar-refractivity contribution in [1.82, 2.24) is 0 Å². The maximum atomic E-state index is 13.4. The smallest absolute Gasteiger partial charge is 0.145 e. The zero-order chi connectivity index (χ0) is 10.7. The van der Waals surface area contributed by atoms with Crippen LogP contribution in [0.5, 0.6) is 0 Å². The second-order valence-corrected chi connectivity index (χ2v) is 3.73. The molecule has 0 saturated heterocycles. The van der Waals surface area contributed by atoms with Crippen LogP contribution in [0.4, 0.5) is 8.78 Å². The van der Waals surface area contributed by atoms with E-state index in [4.69, 9.17) is 10.8 Å². The summed E-state index contributed by atoms with van der Waals surface area (Å²) in [5.74, 6) is -1.39. The van der Waals surface area contributed by atoms with E-state index in [0.29, 0.717) is 0 Å². The molecule has 6 heteroatoms. The van der Waals surface area contributed by atoms with Gasteiger partial charge in [-0.2, -0.15) is 0 Å². The van der Waals surface area contributed by atoms with Crippen LogP contribution < -0.4 is 5.73 Å². The Morgan fingerprint density at radius 1 is 1.40 bits per heavy atom. The summed E-state index contributed by atoms with van der Waals surface area (Å²) in [6.07, 6.45) is 0.129. The van der Waals surface area contributed by atoms with Gasteiger partial charge in [-0.15, -0.1) is 12.4 Å². The molecular weight excluding hydrogens is 291 g/mol. The Kier molecular flexibility index (Phi) is 6.28. The van der Waals surface area contributed by atoms with E-state index in [-0.39, 0.29) is 35.5 Å². The Morgan fingerprint density at radius 3 is 2.53 bits per heavy atom. The first-order chi connectivity index (χ1) is 6.57. The molecule has 0 fully saturated rings. The highest BCUT2D eigenvalue weighted by Gasteiger charge is 2.18. The molecule has 0 radical (unpaired) electrons. The molecule has 0 heterocycles. The Bertz CT molecular complexity index is 338. The van der Waals surface area contributed by atoms with Gasteiger partial charge < -0.3 is 10.8 Å². The predicted octanol–water partition coefficient (Wildman–Crippen LogP) is 2.53. The second kappa shape index (κ2) is 6.37. The summed E-state index contributed by atoms with van der Waals surface area (Å²) in [5.41, 5.74) is 5.33. The first-order valence-electron chi connectivity index (χ1n) is 4.07. The summed E-state index contributed by atoms with van der Waals surface area (Å²) >= 11 is 2.94. The maximum absolute atomic E-state index is 13.4. The topological polar surface area (TPSA) is 46.2 Å². The van der Waals surface area contributed by atoms with Gasteiger partial charge in [0.15, 0.2) is 0 Å². The fourth-order valence-electron chi connectivity index (χ4n) is 1.17. The Balaban J connectivity index is 0.00000196. The average Bonchev–Trinajstić information content (AvgIpc) is 2.13. The predicted molar refractivity (Wildman–Crippen MR) is 59.9 cm³/mol. The van der Waals surface area contributed by atoms with E-state index in [2.05, 4.69) is 15.9 Å². The molecule has 0 unspecified atom stereocenters. The molecule has 86 valence electrons. The minimum atomic E-state index is -0.822. The van der Waals surface area contributed by atoms with E-state index in [1.54, 1.807) is 0 Å². The lowest BCUT2D eigenvalue weighted by molar-refractivity contribution is 0.274. The standard InChI is InChI=1S/C9H10BrF2NO.ClH/c10-5-1-2-6(11)8(9(5)12)7(13)3-4-14;/h1-2,7,14H,3-4,13H2;1H/t7-;/m1./s1. The van der Waals surface area contributed by atoms with Gasteiger partial charge in [0, 0.05) is 18.2 Å². The molecule has 1 atom stereocenters. The largest absolute Gasteiger partial charge is 0.396 e. The maximum Gasteiger partial charge on any atom is 0.145 e. The molecule has 0 aliphatic heterocycles. The molecule has 0 aromatic heterocycles. The highest BCUT2D eigenvalue weighted by atomic mass is 79.9. The Morgan fingerprint density at radius 2 is 2.00 bits per heavy atom. The van der Waals surface area contributed by atoms with Crippen LogP contribution in [-0.2, 0) is 0 Å². The number of hydrogen-bond acceptors (Lipinski definition) is 2. The van der Waals surface area contributed by atoms with E-state index in [1.165, 1.54) is 6.07 Å². The van der Waals surface area contributed by atoms with Crippen molar-refractivity contribution >= 4 is 28.3 Å². The van der Waals surface area contributed by atoms with Crippen LogP contribution in [-0.4, -0.2) is 11.7 Å². The molecule has 0 amide bonds. The molecule has 0 aliphatic carbocycles. The number of nitrogens with two attached hydrogens (primary N) is 1. The van der Waals surface area contributed by atoms with Crippen molar-refractivity contribution in [2.45, 2.75) is 12.5 Å². The summed E-state index contributed by atoms with van der Waals surface area (Å²) in [6.45, 7) is -0.202. The third-order valence-corrected chi connectivity index (χ3v) is 2.50. The molecule has 1 aromatic rings. The summed E-state index contributed by atoms with van der Waals surface area (Å²) < 4.78 is 26.7. The van der Waals surface area contributed by atoms with E-state index < -0.39 is 17.7 Å². The molecule has 15 heavy (non-hydrogen) atoms. The van der Waals surface area contributed by atoms with E-state index in [9.17, 15) is 8.78 Å². The van der Waals surface area contributed by atoms with Crippen molar-refractivity contribution in [2.75, 3.05) is 6.61 Å². The van der Waals surface area contributed by atoms with Gasteiger partial charge in [0.05, 0.1) is 4.47 Å². The lowest BCUT2D eigenvalue weighted by Gasteiger charge is -2.13. The summed E-state index contributed by atoms with van der Waals surface area (Å²) in [6, 6.07) is 1.59. The van der Waals surface area contributed by atoms with Crippen molar-refractivity contribution in [3.05, 3.63) is 33.8 Å². The van der Waals surface area contributed by atoms with Crippen molar-refractivity contribution in [2.24, 2.45) is 5.73 Å². The second-order valence-electron chi connectivity index (χ2n) is 2.88. The number of aliphatic hydroxyl groups is 1. The van der Waals surface area contributed by atoms with Crippen LogP contribution >= 0.6 is 28.3 Å². The zero-order valence-electron chi connectivity index (χ0n) is 7.71. The molecule has 0 saturated carbocycles. The highest BCUT2D eigenvalue weighted by Crippen LogP contribution is 2.26. The number of aliphatic hydroxyl groups excluding tert-OH is 1. The van der Waals surface area contributed by atoms with Gasteiger partial charge in [0.2, 0.25) is 0 Å². The van der Waals surface area contributed by atoms with E-state index in [0.717, 1.165) is 6.07 Å². The summed E-state index contributed by atoms with van der Waals surface area (Å²) in [7, 11) is 0. The lowest BCUT2D eigenvalue weighted by Crippen LogP contribution is -2.15. The highest BCUT2D eigenvalue weighted by molar-refractivity contribution is 9.10. The number of benzene rings is 1. The van der Waals surface area contributed by atoms with Gasteiger partial charge in [-0.1, -0.05) is 0 Å². The van der Waals surface area contributed by atoms with Gasteiger partial charge in [-0.05, 0) is 34.5 Å². The summed E-state index contributed by atoms with van der Waals surface area (Å²) in [4.78, 5) is 0. The van der Waals surface area contributed by atoms with Gasteiger partial charge in [-0.25, -0.2) is 8.78 Å². The normalized spacial score (nSPS) is 12.1. The number of halogens is 4. The SMILES string of the molecule is Cl.N[C@H](CCO)c1c(F)ccc(Br)c1F. The number of rotatable bonds is 3. The minimum Gasteiger partial charge on any atom is -0.396 e. The summed E-state index contributed by atoms with van der Waals surface area (Å²) in [5, 5.41) is 8.61. The van der Waals surface area contributed by atoms with Crippen LogP contribution in [0.15, 0.2) is 16.6 Å². The van der Waals surface area contributed by atoms with Crippen LogP contribution in [0.3, 0.4) is 0 Å². The van der Waals surface area contributed by atoms with Crippen LogP contribution in [0.2, 0.25) is 0 Å². The van der Waals surface area contributed by atoms with Gasteiger partial charge in [-0.3, -0.25) is 0 Å². The van der Waals surface area contributed by atoms with Crippen molar-refractivity contribution < 1.29 is 13.9 Å². The number of hydrogen-bond donors (Lipinski definition) is 2. The zero-order valence-corrected chi connectivity index (χ0v) is 10.1. The van der Waals surface area contributed by atoms with Crippen molar-refractivity contribution in [3.8, 4) is 0 Å². The van der Waals surface area contributed by atoms with E-state index in [1.807, 2.05) is 0 Å². The molecule has 1 rings (SSSR count). The molecule has 1 aromatic carbocycles. The fraction of sp³-hybridized carbons (Fsp3) is 0.333. The van der Waals surface area contributed by atoms with Gasteiger partial charge in [0.1, 0.15) is 11.6 Å². The molecule has 0 aliphatic rings. The van der Waals surface area contributed by atoms with Gasteiger partial charge in [0.25, 0.3) is 0 Å². The molecule has 0 bridgehead atoms. The quantitative estimate of drug-likeness (QED) is 0.843.